The van der Waals surface area contributed by atoms with Crippen LogP contribution >= 0.6 is 11.6 Å². The highest BCUT2D eigenvalue weighted by Crippen LogP contribution is 2.29. The summed E-state index contributed by atoms with van der Waals surface area (Å²) in [6.45, 7) is 3.19. The lowest BCUT2D eigenvalue weighted by molar-refractivity contribution is -0.143. The molecule has 11 nitrogen and oxygen atoms in total. The highest BCUT2D eigenvalue weighted by molar-refractivity contribution is 6.29. The molecule has 0 aliphatic heterocycles. The number of likely N-dealkylation sites (N-methyl/N-ethyl adjacent to an activating group) is 1. The summed E-state index contributed by atoms with van der Waals surface area (Å²) < 4.78 is 15.7. The van der Waals surface area contributed by atoms with Crippen molar-refractivity contribution in [2.75, 3.05) is 30.8 Å². The van der Waals surface area contributed by atoms with Gasteiger partial charge in [-0.3, -0.25) is 4.79 Å². The van der Waals surface area contributed by atoms with E-state index in [9.17, 15) is 9.59 Å². The minimum Gasteiger partial charge on any atom is -0.462 e. The number of nitrogens with zero attached hydrogens (tertiary/aromatic N) is 5. The number of esters is 2. The molecule has 12 heteroatoms. The lowest BCUT2D eigenvalue weighted by Gasteiger charge is -2.16. The molecule has 0 aliphatic rings. The second kappa shape index (κ2) is 8.91. The van der Waals surface area contributed by atoms with Crippen molar-refractivity contribution in [3.05, 3.63) is 34.4 Å². The summed E-state index contributed by atoms with van der Waals surface area (Å²) in [5.41, 5.74) is 6.28. The molecule has 0 saturated carbocycles. The molecule has 0 radical (unpaired) electrons. The van der Waals surface area contributed by atoms with Crippen LogP contribution in [0.15, 0.2) is 16.5 Å². The van der Waals surface area contributed by atoms with Crippen molar-refractivity contribution >= 4 is 46.3 Å². The zero-order valence-corrected chi connectivity index (χ0v) is 17.3. The quantitative estimate of drug-likeness (QED) is 0.543. The number of carbonyl (C=O) groups is 2. The number of fused-ring (bicyclic) bond motifs is 1. The molecule has 3 aromatic heterocycles. The summed E-state index contributed by atoms with van der Waals surface area (Å²) in [5.74, 6) is -0.193. The van der Waals surface area contributed by atoms with Crippen LogP contribution in [0, 0.1) is 6.92 Å². The van der Waals surface area contributed by atoms with Crippen LogP contribution in [0.25, 0.3) is 11.1 Å². The number of furan rings is 1. The van der Waals surface area contributed by atoms with E-state index in [4.69, 9.17) is 31.2 Å². The Kier molecular flexibility index (Phi) is 6.31. The number of hydrogen-bond donors (Lipinski definition) is 1. The molecule has 158 valence electrons. The first-order valence-corrected chi connectivity index (χ1v) is 9.26. The smallest absolute Gasteiger partial charge is 0.342 e. The topological polar surface area (TPSA) is 147 Å². The third-order valence-electron chi connectivity index (χ3n) is 4.02. The van der Waals surface area contributed by atoms with Gasteiger partial charge in [0.1, 0.15) is 23.7 Å². The fraction of sp³-hybridized carbons (Fsp3) is 0.333. The number of carbonyl (C=O) groups excluding carboxylic acids is 2. The van der Waals surface area contributed by atoms with E-state index in [1.165, 1.54) is 0 Å². The average Bonchev–Trinajstić information content (AvgIpc) is 3.03. The molecule has 0 spiro atoms. The zero-order valence-electron chi connectivity index (χ0n) is 16.5. The molecular weight excluding hydrogens is 416 g/mol. The van der Waals surface area contributed by atoms with Crippen molar-refractivity contribution in [2.24, 2.45) is 0 Å². The van der Waals surface area contributed by atoms with Crippen molar-refractivity contribution in [1.82, 2.24) is 20.2 Å². The Balaban J connectivity index is 1.69. The number of aromatic nitrogens is 4. The van der Waals surface area contributed by atoms with Gasteiger partial charge in [0.05, 0.1) is 12.0 Å². The number of nitrogens with two attached hydrogens (primary N) is 1. The summed E-state index contributed by atoms with van der Waals surface area (Å²) in [6, 6.07) is 3.19. The standard InChI is InChI=1S/C18H19ClN6O5/c1-4-28-18(27)14-9(2)30-17-15(14)16(20)21-11(22-17)8-29-13(26)7-25(3)12-6-5-10(19)23-24-12/h5-6H,4,7-8H2,1-3H3,(H2,20,21,22). The SMILES string of the molecule is CCOC(=O)c1c(C)oc2nc(COC(=O)CN(C)c3ccc(Cl)nn3)nc(N)c12. The Morgan fingerprint density at radius 3 is 2.67 bits per heavy atom. The zero-order chi connectivity index (χ0) is 21.8. The van der Waals surface area contributed by atoms with E-state index in [0.717, 1.165) is 0 Å². The molecule has 0 fully saturated rings. The molecule has 30 heavy (non-hydrogen) atoms. The Labute approximate surface area is 176 Å². The van der Waals surface area contributed by atoms with Crippen molar-refractivity contribution in [1.29, 1.82) is 0 Å². The van der Waals surface area contributed by atoms with Crippen molar-refractivity contribution in [2.45, 2.75) is 20.5 Å². The van der Waals surface area contributed by atoms with Crippen LogP contribution in [0.1, 0.15) is 28.9 Å². The predicted octanol–water partition coefficient (Wildman–Crippen LogP) is 1.91. The Morgan fingerprint density at radius 2 is 2.00 bits per heavy atom. The molecule has 0 saturated heterocycles. The van der Waals surface area contributed by atoms with Gasteiger partial charge in [-0.05, 0) is 26.0 Å². The van der Waals surface area contributed by atoms with Gasteiger partial charge in [0, 0.05) is 7.05 Å². The van der Waals surface area contributed by atoms with Gasteiger partial charge in [-0.25, -0.2) is 9.78 Å². The largest absolute Gasteiger partial charge is 0.462 e. The van der Waals surface area contributed by atoms with E-state index >= 15 is 0 Å². The molecule has 0 aliphatic carbocycles. The molecule has 0 bridgehead atoms. The van der Waals surface area contributed by atoms with Gasteiger partial charge in [0.25, 0.3) is 0 Å². The molecule has 3 heterocycles. The first-order chi connectivity index (χ1) is 14.3. The van der Waals surface area contributed by atoms with E-state index in [1.807, 2.05) is 0 Å². The first-order valence-electron chi connectivity index (χ1n) is 8.88. The Morgan fingerprint density at radius 1 is 1.23 bits per heavy atom. The molecule has 0 atom stereocenters. The van der Waals surface area contributed by atoms with Gasteiger partial charge < -0.3 is 24.5 Å². The van der Waals surface area contributed by atoms with Crippen molar-refractivity contribution in [3.63, 3.8) is 0 Å². The predicted molar refractivity (Wildman–Crippen MR) is 107 cm³/mol. The van der Waals surface area contributed by atoms with Crippen LogP contribution in [-0.2, 0) is 20.9 Å². The third kappa shape index (κ3) is 4.57. The number of rotatable bonds is 7. The molecule has 0 aromatic carbocycles. The summed E-state index contributed by atoms with van der Waals surface area (Å²) in [6.07, 6.45) is 0. The minimum atomic E-state index is -0.573. The van der Waals surface area contributed by atoms with E-state index < -0.39 is 11.9 Å². The fourth-order valence-corrected chi connectivity index (χ4v) is 2.78. The van der Waals surface area contributed by atoms with Crippen molar-refractivity contribution < 1.29 is 23.5 Å². The van der Waals surface area contributed by atoms with E-state index in [-0.39, 0.29) is 53.2 Å². The molecule has 3 rings (SSSR count). The average molecular weight is 435 g/mol. The maximum absolute atomic E-state index is 12.1. The molecule has 0 unspecified atom stereocenters. The summed E-state index contributed by atoms with van der Waals surface area (Å²) in [4.78, 5) is 34.1. The lowest BCUT2D eigenvalue weighted by Crippen LogP contribution is -2.28. The summed E-state index contributed by atoms with van der Waals surface area (Å²) in [5, 5.41) is 8.11. The van der Waals surface area contributed by atoms with Gasteiger partial charge in [0.2, 0.25) is 5.71 Å². The Bertz CT molecular complexity index is 1080. The fourth-order valence-electron chi connectivity index (χ4n) is 2.68. The second-order valence-electron chi connectivity index (χ2n) is 6.19. The summed E-state index contributed by atoms with van der Waals surface area (Å²) in [7, 11) is 1.66. The highest BCUT2D eigenvalue weighted by atomic mass is 35.5. The monoisotopic (exact) mass is 434 g/mol. The van der Waals surface area contributed by atoms with Gasteiger partial charge in [-0.1, -0.05) is 11.6 Å². The van der Waals surface area contributed by atoms with Crippen LogP contribution in [0.4, 0.5) is 11.6 Å². The normalized spacial score (nSPS) is 10.8. The number of nitrogen functional groups attached to an aromatic ring is 1. The summed E-state index contributed by atoms with van der Waals surface area (Å²) >= 11 is 5.70. The van der Waals surface area contributed by atoms with Gasteiger partial charge in [-0.15, -0.1) is 10.2 Å². The number of halogens is 1. The first kappa shape index (κ1) is 21.2. The molecule has 2 N–H and O–H groups in total. The van der Waals surface area contributed by atoms with Gasteiger partial charge in [0.15, 0.2) is 23.4 Å². The van der Waals surface area contributed by atoms with Crippen molar-refractivity contribution in [3.8, 4) is 0 Å². The minimum absolute atomic E-state index is 0.0273. The third-order valence-corrected chi connectivity index (χ3v) is 4.22. The maximum atomic E-state index is 12.1. The van der Waals surface area contributed by atoms with Crippen LogP contribution in [0.5, 0.6) is 0 Å². The van der Waals surface area contributed by atoms with E-state index in [1.54, 1.807) is 37.9 Å². The highest BCUT2D eigenvalue weighted by Gasteiger charge is 2.24. The molecular formula is C18H19ClN6O5. The lowest BCUT2D eigenvalue weighted by atomic mass is 10.2. The number of ether oxygens (including phenoxy) is 2. The number of hydrogen-bond acceptors (Lipinski definition) is 11. The van der Waals surface area contributed by atoms with Crippen LogP contribution < -0.4 is 10.6 Å². The van der Waals surface area contributed by atoms with Crippen LogP contribution in [-0.4, -0.2) is 52.3 Å². The Hall–Kier alpha value is -3.47. The molecule has 0 amide bonds. The van der Waals surface area contributed by atoms with Gasteiger partial charge >= 0.3 is 11.9 Å². The van der Waals surface area contributed by atoms with Crippen LogP contribution in [0.2, 0.25) is 5.15 Å². The van der Waals surface area contributed by atoms with E-state index in [0.29, 0.717) is 11.6 Å². The number of anilines is 2. The van der Waals surface area contributed by atoms with Crippen LogP contribution in [0.3, 0.4) is 0 Å². The van der Waals surface area contributed by atoms with E-state index in [2.05, 4.69) is 20.2 Å². The number of aryl methyl sites for hydroxylation is 1. The van der Waals surface area contributed by atoms with Gasteiger partial charge in [-0.2, -0.15) is 4.98 Å². The molecule has 3 aromatic rings. The second-order valence-corrected chi connectivity index (χ2v) is 6.58. The maximum Gasteiger partial charge on any atom is 0.342 e.